The van der Waals surface area contributed by atoms with Crippen LogP contribution in [0.25, 0.3) is 0 Å². The molecule has 0 fully saturated rings. The number of aliphatic hydroxyl groups excluding tert-OH is 1. The van der Waals surface area contributed by atoms with Crippen LogP contribution in [0.4, 0.5) is 0 Å². The van der Waals surface area contributed by atoms with Crippen molar-refractivity contribution in [2.24, 2.45) is 5.73 Å². The van der Waals surface area contributed by atoms with Gasteiger partial charge in [-0.1, -0.05) is 0 Å². The van der Waals surface area contributed by atoms with Gasteiger partial charge in [0, 0.05) is 13.0 Å². The number of hydrogen-bond donors (Lipinski definition) is 3. The van der Waals surface area contributed by atoms with E-state index < -0.39 is 6.10 Å². The van der Waals surface area contributed by atoms with E-state index in [1.165, 1.54) is 0 Å². The quantitative estimate of drug-likeness (QED) is 0.473. The maximum absolute atomic E-state index is 10.9. The first-order valence-electron chi connectivity index (χ1n) is 4.25. The van der Waals surface area contributed by atoms with Gasteiger partial charge in [-0.25, -0.2) is 0 Å². The molecule has 0 aromatic heterocycles. The van der Waals surface area contributed by atoms with Crippen molar-refractivity contribution in [1.29, 1.82) is 0 Å². The molecule has 0 aliphatic rings. The summed E-state index contributed by atoms with van der Waals surface area (Å²) in [6.45, 7) is 1.97. The summed E-state index contributed by atoms with van der Waals surface area (Å²) < 4.78 is 0. The largest absolute Gasteiger partial charge is 0.393 e. The zero-order valence-electron chi connectivity index (χ0n) is 7.75. The molecule has 0 aliphatic carbocycles. The number of primary amides is 1. The van der Waals surface area contributed by atoms with Crippen LogP contribution in [-0.4, -0.2) is 29.6 Å². The molecule has 0 aromatic carbocycles. The Morgan fingerprint density at radius 3 is 2.62 bits per heavy atom. The van der Waals surface area contributed by atoms with Gasteiger partial charge in [0.2, 0.25) is 11.8 Å². The summed E-state index contributed by atoms with van der Waals surface area (Å²) in [4.78, 5) is 21.2. The molecule has 0 aromatic rings. The Labute approximate surface area is 77.3 Å². The van der Waals surface area contributed by atoms with Crippen molar-refractivity contribution in [3.63, 3.8) is 0 Å². The standard InChI is InChI=1S/C8H16N2O3/c1-6(11)5-8(13)10-4-2-3-7(9)12/h6,11H,2-5H2,1H3,(H2,9,12)(H,10,13). The van der Waals surface area contributed by atoms with Gasteiger partial charge in [0.1, 0.15) is 0 Å². The number of aliphatic hydroxyl groups is 1. The van der Waals surface area contributed by atoms with E-state index in [9.17, 15) is 9.59 Å². The maximum Gasteiger partial charge on any atom is 0.222 e. The summed E-state index contributed by atoms with van der Waals surface area (Å²) in [5, 5.41) is 11.4. The van der Waals surface area contributed by atoms with Crippen molar-refractivity contribution >= 4 is 11.8 Å². The average molecular weight is 188 g/mol. The Kier molecular flexibility index (Phi) is 5.88. The molecule has 0 radical (unpaired) electrons. The molecule has 76 valence electrons. The molecule has 0 saturated heterocycles. The second-order valence-corrected chi connectivity index (χ2v) is 2.97. The molecule has 0 aliphatic heterocycles. The molecule has 0 heterocycles. The van der Waals surface area contributed by atoms with Crippen molar-refractivity contribution in [1.82, 2.24) is 5.32 Å². The molecular formula is C8H16N2O3. The molecule has 13 heavy (non-hydrogen) atoms. The Bertz CT molecular complexity index is 180. The summed E-state index contributed by atoms with van der Waals surface area (Å²) in [6, 6.07) is 0. The van der Waals surface area contributed by atoms with E-state index in [0.29, 0.717) is 13.0 Å². The molecule has 1 unspecified atom stereocenters. The minimum atomic E-state index is -0.629. The van der Waals surface area contributed by atoms with Crippen LogP contribution in [-0.2, 0) is 9.59 Å². The highest BCUT2D eigenvalue weighted by molar-refractivity contribution is 5.76. The first kappa shape index (κ1) is 11.9. The molecule has 5 nitrogen and oxygen atoms in total. The molecule has 5 heteroatoms. The van der Waals surface area contributed by atoms with Gasteiger partial charge < -0.3 is 16.2 Å². The van der Waals surface area contributed by atoms with Gasteiger partial charge in [-0.2, -0.15) is 0 Å². The molecule has 0 bridgehead atoms. The van der Waals surface area contributed by atoms with Crippen molar-refractivity contribution in [3.05, 3.63) is 0 Å². The minimum Gasteiger partial charge on any atom is -0.393 e. The van der Waals surface area contributed by atoms with E-state index in [-0.39, 0.29) is 24.7 Å². The van der Waals surface area contributed by atoms with Gasteiger partial charge in [0.05, 0.1) is 12.5 Å². The number of rotatable bonds is 6. The first-order valence-corrected chi connectivity index (χ1v) is 4.25. The Morgan fingerprint density at radius 1 is 1.54 bits per heavy atom. The van der Waals surface area contributed by atoms with Gasteiger partial charge in [0.15, 0.2) is 0 Å². The van der Waals surface area contributed by atoms with Crippen LogP contribution in [0.5, 0.6) is 0 Å². The number of nitrogens with two attached hydrogens (primary N) is 1. The van der Waals surface area contributed by atoms with Crippen molar-refractivity contribution in [3.8, 4) is 0 Å². The van der Waals surface area contributed by atoms with E-state index in [0.717, 1.165) is 0 Å². The lowest BCUT2D eigenvalue weighted by atomic mass is 10.2. The smallest absolute Gasteiger partial charge is 0.222 e. The Balaban J connectivity index is 3.32. The highest BCUT2D eigenvalue weighted by Gasteiger charge is 2.04. The monoisotopic (exact) mass is 188 g/mol. The van der Waals surface area contributed by atoms with Gasteiger partial charge >= 0.3 is 0 Å². The summed E-state index contributed by atoms with van der Waals surface area (Å²) >= 11 is 0. The second-order valence-electron chi connectivity index (χ2n) is 2.97. The van der Waals surface area contributed by atoms with E-state index >= 15 is 0 Å². The average Bonchev–Trinajstić information content (AvgIpc) is 1.96. The summed E-state index contributed by atoms with van der Waals surface area (Å²) in [5.74, 6) is -0.579. The third-order valence-electron chi connectivity index (χ3n) is 1.40. The molecule has 0 spiro atoms. The van der Waals surface area contributed by atoms with Crippen molar-refractivity contribution in [2.75, 3.05) is 6.54 Å². The Morgan fingerprint density at radius 2 is 2.15 bits per heavy atom. The Hall–Kier alpha value is -1.10. The molecule has 2 amide bonds. The first-order chi connectivity index (χ1) is 6.02. The fraction of sp³-hybridized carbons (Fsp3) is 0.750. The fourth-order valence-corrected chi connectivity index (χ4v) is 0.831. The molecule has 0 rings (SSSR count). The normalized spacial score (nSPS) is 12.2. The lowest BCUT2D eigenvalue weighted by Gasteiger charge is -2.05. The van der Waals surface area contributed by atoms with Crippen LogP contribution in [0.1, 0.15) is 26.2 Å². The van der Waals surface area contributed by atoms with Crippen LogP contribution >= 0.6 is 0 Å². The van der Waals surface area contributed by atoms with Crippen LogP contribution in [0.15, 0.2) is 0 Å². The molecule has 1 atom stereocenters. The van der Waals surface area contributed by atoms with E-state index in [2.05, 4.69) is 5.32 Å². The van der Waals surface area contributed by atoms with Gasteiger partial charge in [-0.05, 0) is 13.3 Å². The van der Waals surface area contributed by atoms with Crippen LogP contribution in [0, 0.1) is 0 Å². The number of hydrogen-bond acceptors (Lipinski definition) is 3. The summed E-state index contributed by atoms with van der Waals surface area (Å²) in [5.41, 5.74) is 4.90. The van der Waals surface area contributed by atoms with Crippen LogP contribution < -0.4 is 11.1 Å². The third kappa shape index (κ3) is 8.81. The van der Waals surface area contributed by atoms with Crippen LogP contribution in [0.2, 0.25) is 0 Å². The number of amides is 2. The van der Waals surface area contributed by atoms with Crippen molar-refractivity contribution in [2.45, 2.75) is 32.3 Å². The van der Waals surface area contributed by atoms with Gasteiger partial charge in [-0.15, -0.1) is 0 Å². The zero-order chi connectivity index (χ0) is 10.3. The highest BCUT2D eigenvalue weighted by Crippen LogP contribution is 1.90. The van der Waals surface area contributed by atoms with Crippen molar-refractivity contribution < 1.29 is 14.7 Å². The minimum absolute atomic E-state index is 0.0938. The van der Waals surface area contributed by atoms with Crippen LogP contribution in [0.3, 0.4) is 0 Å². The van der Waals surface area contributed by atoms with Gasteiger partial charge in [-0.3, -0.25) is 9.59 Å². The SMILES string of the molecule is CC(O)CC(=O)NCCCC(N)=O. The second kappa shape index (κ2) is 6.42. The fourth-order valence-electron chi connectivity index (χ4n) is 0.831. The topological polar surface area (TPSA) is 92.4 Å². The third-order valence-corrected chi connectivity index (χ3v) is 1.40. The predicted molar refractivity (Wildman–Crippen MR) is 47.7 cm³/mol. The van der Waals surface area contributed by atoms with E-state index in [1.807, 2.05) is 0 Å². The molecule has 0 saturated carbocycles. The summed E-state index contributed by atoms with van der Waals surface area (Å²) in [6.07, 6.45) is 0.281. The zero-order valence-corrected chi connectivity index (χ0v) is 7.75. The lowest BCUT2D eigenvalue weighted by molar-refractivity contribution is -0.123. The number of carbonyl (C=O) groups is 2. The number of nitrogens with one attached hydrogen (secondary N) is 1. The predicted octanol–water partition coefficient (Wildman–Crippen LogP) is -0.861. The highest BCUT2D eigenvalue weighted by atomic mass is 16.3. The lowest BCUT2D eigenvalue weighted by Crippen LogP contribution is -2.28. The van der Waals surface area contributed by atoms with E-state index in [4.69, 9.17) is 10.8 Å². The summed E-state index contributed by atoms with van der Waals surface area (Å²) in [7, 11) is 0. The molecule has 4 N–H and O–H groups in total. The maximum atomic E-state index is 10.9. The number of carbonyl (C=O) groups excluding carboxylic acids is 2. The molecular weight excluding hydrogens is 172 g/mol. The van der Waals surface area contributed by atoms with E-state index in [1.54, 1.807) is 6.92 Å². The van der Waals surface area contributed by atoms with Gasteiger partial charge in [0.25, 0.3) is 0 Å².